The maximum Gasteiger partial charge on any atom is 0.312 e. The van der Waals surface area contributed by atoms with E-state index in [4.69, 9.17) is 14.2 Å². The van der Waals surface area contributed by atoms with E-state index in [1.54, 1.807) is 0 Å². The Morgan fingerprint density at radius 3 is 2.65 bits per heavy atom. The molecule has 2 aromatic heterocycles. The van der Waals surface area contributed by atoms with Crippen LogP contribution >= 0.6 is 11.8 Å². The Balaban J connectivity index is 1.95. The zero-order chi connectivity index (χ0) is 24.9. The van der Waals surface area contributed by atoms with E-state index < -0.39 is 5.41 Å². The predicted molar refractivity (Wildman–Crippen MR) is 134 cm³/mol. The van der Waals surface area contributed by atoms with Crippen LogP contribution in [0, 0.1) is 10.8 Å². The summed E-state index contributed by atoms with van der Waals surface area (Å²) < 4.78 is 21.2. The minimum atomic E-state index is -0.563. The van der Waals surface area contributed by atoms with E-state index in [9.17, 15) is 9.59 Å². The summed E-state index contributed by atoms with van der Waals surface area (Å²) in [5.41, 5.74) is 0.386. The van der Waals surface area contributed by atoms with Crippen molar-refractivity contribution in [3.05, 3.63) is 22.6 Å². The second kappa shape index (κ2) is 11.3. The molecule has 0 unspecified atom stereocenters. The van der Waals surface area contributed by atoms with Gasteiger partial charge in [0.1, 0.15) is 18.2 Å². The maximum atomic E-state index is 13.0. The van der Waals surface area contributed by atoms with E-state index in [1.165, 1.54) is 11.8 Å². The molecule has 0 radical (unpaired) electrons. The van der Waals surface area contributed by atoms with Crippen LogP contribution in [0.25, 0.3) is 11.0 Å². The van der Waals surface area contributed by atoms with Crippen molar-refractivity contribution in [3.63, 3.8) is 0 Å². The largest absolute Gasteiger partial charge is 0.454 e. The monoisotopic (exact) mass is 493 g/mol. The number of aromatic nitrogens is 3. The third kappa shape index (κ3) is 6.86. The van der Waals surface area contributed by atoms with E-state index in [0.717, 1.165) is 31.2 Å². The number of fused-ring (bicyclic) bond motifs is 13. The molecule has 0 spiro atoms. The van der Waals surface area contributed by atoms with Gasteiger partial charge in [0.25, 0.3) is 5.56 Å². The third-order valence-corrected chi connectivity index (χ3v) is 6.99. The summed E-state index contributed by atoms with van der Waals surface area (Å²) in [7, 11) is 0. The highest BCUT2D eigenvalue weighted by atomic mass is 32.2. The number of rotatable bonds is 4. The van der Waals surface area contributed by atoms with Crippen LogP contribution in [0.4, 0.5) is 0 Å². The number of carbonyl (C=O) groups is 1. The van der Waals surface area contributed by atoms with Crippen molar-refractivity contribution < 1.29 is 19.0 Å². The Bertz CT molecular complexity index is 1040. The minimum Gasteiger partial charge on any atom is -0.454 e. The molecule has 2 aromatic rings. The summed E-state index contributed by atoms with van der Waals surface area (Å²) in [6.07, 6.45) is 5.69. The molecule has 0 atom stereocenters. The van der Waals surface area contributed by atoms with Crippen LogP contribution in [-0.4, -0.2) is 45.3 Å². The summed E-state index contributed by atoms with van der Waals surface area (Å²) in [6, 6.07) is 1.91. The number of hydrogen-bond acceptors (Lipinski definition) is 7. The molecule has 0 saturated heterocycles. The highest BCUT2D eigenvalue weighted by Crippen LogP contribution is 2.30. The van der Waals surface area contributed by atoms with E-state index >= 15 is 0 Å². The maximum absolute atomic E-state index is 13.0. The zero-order valence-corrected chi connectivity index (χ0v) is 22.2. The summed E-state index contributed by atoms with van der Waals surface area (Å²) >= 11 is 1.25. The van der Waals surface area contributed by atoms with Crippen LogP contribution in [0.5, 0.6) is 0 Å². The molecule has 190 valence electrons. The van der Waals surface area contributed by atoms with Crippen molar-refractivity contribution in [3.8, 4) is 0 Å². The fraction of sp³-hybridized carbons (Fsp3) is 0.720. The van der Waals surface area contributed by atoms with Gasteiger partial charge in [-0.15, -0.1) is 0 Å². The first-order valence-corrected chi connectivity index (χ1v) is 13.1. The molecule has 34 heavy (non-hydrogen) atoms. The first-order chi connectivity index (χ1) is 16.0. The molecule has 2 aliphatic heterocycles. The van der Waals surface area contributed by atoms with Gasteiger partial charge in [0, 0.05) is 12.7 Å². The van der Waals surface area contributed by atoms with Crippen molar-refractivity contribution in [1.29, 1.82) is 0 Å². The van der Waals surface area contributed by atoms with E-state index in [0.29, 0.717) is 37.2 Å². The highest BCUT2D eigenvalue weighted by Gasteiger charge is 2.29. The average Bonchev–Trinajstić information content (AvgIpc) is 3.17. The Kier molecular flexibility index (Phi) is 8.87. The molecule has 4 heterocycles. The van der Waals surface area contributed by atoms with Gasteiger partial charge in [-0.05, 0) is 63.8 Å². The molecule has 0 N–H and O–H groups in total. The van der Waals surface area contributed by atoms with Crippen LogP contribution in [0.1, 0.15) is 67.2 Å². The average molecular weight is 494 g/mol. The Hall–Kier alpha value is -1.84. The zero-order valence-electron chi connectivity index (χ0n) is 21.4. The Morgan fingerprint density at radius 1 is 1.18 bits per heavy atom. The molecule has 8 nitrogen and oxygen atoms in total. The third-order valence-electron chi connectivity index (χ3n) is 6.19. The smallest absolute Gasteiger partial charge is 0.312 e. The van der Waals surface area contributed by atoms with Crippen molar-refractivity contribution in [2.45, 2.75) is 91.8 Å². The van der Waals surface area contributed by atoms with E-state index in [1.807, 2.05) is 49.1 Å². The summed E-state index contributed by atoms with van der Waals surface area (Å²) in [5.74, 6) is -0.129. The lowest BCUT2D eigenvalue weighted by molar-refractivity contribution is -0.152. The Labute approximate surface area is 206 Å². The van der Waals surface area contributed by atoms with Gasteiger partial charge in [0.15, 0.2) is 5.16 Å². The normalized spacial score (nSPS) is 19.9. The second-order valence-corrected chi connectivity index (χ2v) is 11.6. The van der Waals surface area contributed by atoms with Gasteiger partial charge in [0.05, 0.1) is 30.2 Å². The van der Waals surface area contributed by atoms with Crippen molar-refractivity contribution in [2.24, 2.45) is 10.8 Å². The van der Waals surface area contributed by atoms with Crippen LogP contribution < -0.4 is 5.56 Å². The fourth-order valence-electron chi connectivity index (χ4n) is 4.12. The molecular weight excluding hydrogens is 454 g/mol. The van der Waals surface area contributed by atoms with Crippen LogP contribution in [0.15, 0.2) is 22.2 Å². The lowest BCUT2D eigenvalue weighted by atomic mass is 9.83. The molecule has 0 fully saturated rings. The SMILES string of the molecule is CC(C)OCCn1c2nc(=O)c3c1ccn3COCC(C)(C)CCCCC(C)(C)C(=O)OCS2. The van der Waals surface area contributed by atoms with Gasteiger partial charge >= 0.3 is 5.97 Å². The molecule has 4 rings (SSSR count). The number of esters is 1. The quantitative estimate of drug-likeness (QED) is 0.446. The minimum absolute atomic E-state index is 0.00447. The predicted octanol–water partition coefficient (Wildman–Crippen LogP) is 4.82. The van der Waals surface area contributed by atoms with Gasteiger partial charge in [-0.3, -0.25) is 9.59 Å². The lowest BCUT2D eigenvalue weighted by Crippen LogP contribution is -2.27. The second-order valence-electron chi connectivity index (χ2n) is 10.7. The first-order valence-electron chi connectivity index (χ1n) is 12.1. The van der Waals surface area contributed by atoms with E-state index in [-0.39, 0.29) is 29.0 Å². The molecule has 0 amide bonds. The molecular formula is C25H39N3O5S. The van der Waals surface area contributed by atoms with Gasteiger partial charge in [0.2, 0.25) is 0 Å². The summed E-state index contributed by atoms with van der Waals surface area (Å²) in [6.45, 7) is 14.1. The molecule has 0 aliphatic carbocycles. The summed E-state index contributed by atoms with van der Waals surface area (Å²) in [5, 5.41) is 0.511. The summed E-state index contributed by atoms with van der Waals surface area (Å²) in [4.78, 5) is 30.1. The number of nitrogens with zero attached hydrogens (tertiary/aromatic N) is 3. The molecule has 9 heteroatoms. The standard InChI is InChI=1S/C25H39N3O5S/c1-18(2)32-14-13-28-19-9-12-27-16-31-15-24(3,4)10-7-8-11-25(5,6)22(30)33-17-34-23(28)26-21(29)20(19)27/h9,12,18H,7-8,10-11,13-17H2,1-6H3. The molecule has 0 saturated carbocycles. The van der Waals surface area contributed by atoms with Crippen molar-refractivity contribution in [1.82, 2.24) is 14.1 Å². The molecule has 4 bridgehead atoms. The number of carbonyl (C=O) groups excluding carboxylic acids is 1. The Morgan fingerprint density at radius 2 is 1.91 bits per heavy atom. The van der Waals surface area contributed by atoms with Gasteiger partial charge in [-0.2, -0.15) is 4.98 Å². The number of thioether (sulfide) groups is 1. The van der Waals surface area contributed by atoms with E-state index in [2.05, 4.69) is 18.8 Å². The highest BCUT2D eigenvalue weighted by molar-refractivity contribution is 7.99. The van der Waals surface area contributed by atoms with Crippen LogP contribution in [-0.2, 0) is 32.3 Å². The fourth-order valence-corrected chi connectivity index (χ4v) is 4.89. The first kappa shape index (κ1) is 26.8. The van der Waals surface area contributed by atoms with Gasteiger partial charge in [-0.1, -0.05) is 26.7 Å². The van der Waals surface area contributed by atoms with Crippen molar-refractivity contribution >= 4 is 28.8 Å². The van der Waals surface area contributed by atoms with Gasteiger partial charge in [-0.25, -0.2) is 0 Å². The lowest BCUT2D eigenvalue weighted by Gasteiger charge is -2.26. The van der Waals surface area contributed by atoms with Crippen molar-refractivity contribution in [2.75, 3.05) is 19.2 Å². The number of ether oxygens (including phenoxy) is 3. The number of hydrogen-bond donors (Lipinski definition) is 0. The molecule has 2 aliphatic rings. The topological polar surface area (TPSA) is 84.6 Å². The molecule has 0 aromatic carbocycles. The van der Waals surface area contributed by atoms with Crippen LogP contribution in [0.2, 0.25) is 0 Å². The van der Waals surface area contributed by atoms with Crippen LogP contribution in [0.3, 0.4) is 0 Å². The van der Waals surface area contributed by atoms with Gasteiger partial charge < -0.3 is 23.3 Å².